The summed E-state index contributed by atoms with van der Waals surface area (Å²) in [6, 6.07) is 0. The predicted octanol–water partition coefficient (Wildman–Crippen LogP) is 1.72. The van der Waals surface area contributed by atoms with Gasteiger partial charge in [-0.15, -0.1) is 11.3 Å². The van der Waals surface area contributed by atoms with Crippen molar-refractivity contribution in [1.82, 2.24) is 4.98 Å². The van der Waals surface area contributed by atoms with Crippen molar-refractivity contribution in [3.8, 4) is 0 Å². The lowest BCUT2D eigenvalue weighted by Crippen LogP contribution is -1.99. The van der Waals surface area contributed by atoms with E-state index in [9.17, 15) is 0 Å². The molecule has 0 amide bonds. The Morgan fingerprint density at radius 1 is 1.67 bits per heavy atom. The fourth-order valence-electron chi connectivity index (χ4n) is 0.661. The zero-order valence-corrected chi connectivity index (χ0v) is 8.03. The molecule has 0 radical (unpaired) electrons. The Hall–Kier alpha value is -0.580. The average molecular weight is 204 g/mol. The van der Waals surface area contributed by atoms with Gasteiger partial charge in [-0.3, -0.25) is 0 Å². The molecule has 5 heteroatoms. The Labute approximate surface area is 80.3 Å². The van der Waals surface area contributed by atoms with E-state index in [0.29, 0.717) is 11.7 Å². The molecule has 0 atom stereocenters. The molecule has 0 fully saturated rings. The molecule has 0 aliphatic carbocycles. The van der Waals surface area contributed by atoms with Crippen LogP contribution in [0.25, 0.3) is 0 Å². The van der Waals surface area contributed by atoms with Gasteiger partial charge >= 0.3 is 0 Å². The van der Waals surface area contributed by atoms with Crippen molar-refractivity contribution in [1.29, 1.82) is 0 Å². The monoisotopic (exact) mass is 203 g/mol. The van der Waals surface area contributed by atoms with Crippen molar-refractivity contribution in [2.45, 2.75) is 0 Å². The van der Waals surface area contributed by atoms with E-state index < -0.39 is 0 Å². The predicted molar refractivity (Wildman–Crippen MR) is 53.8 cm³/mol. The highest BCUT2D eigenvalue weighted by atomic mass is 35.5. The Morgan fingerprint density at radius 2 is 2.50 bits per heavy atom. The largest absolute Gasteiger partial charge is 0.358 e. The van der Waals surface area contributed by atoms with E-state index in [1.54, 1.807) is 5.38 Å². The molecule has 0 aromatic carbocycles. The van der Waals surface area contributed by atoms with Crippen LogP contribution in [0, 0.1) is 0 Å². The van der Waals surface area contributed by atoms with Crippen molar-refractivity contribution in [2.75, 3.05) is 18.4 Å². The maximum Gasteiger partial charge on any atom is 0.184 e. The van der Waals surface area contributed by atoms with E-state index in [-0.39, 0.29) is 0 Å². The molecule has 0 unspecified atom stereocenters. The molecule has 0 spiro atoms. The van der Waals surface area contributed by atoms with Crippen LogP contribution >= 0.6 is 22.9 Å². The Balaban J connectivity index is 2.28. The fraction of sp³-hybridized carbons (Fsp3) is 0.286. The summed E-state index contributed by atoms with van der Waals surface area (Å²) < 4.78 is 0. The highest BCUT2D eigenvalue weighted by Crippen LogP contribution is 2.18. The SMILES string of the molecule is NC/C=C/CNc1nc(Cl)cs1. The second kappa shape index (κ2) is 5.13. The van der Waals surface area contributed by atoms with Gasteiger partial charge in [0, 0.05) is 18.5 Å². The molecule has 0 saturated heterocycles. The van der Waals surface area contributed by atoms with Gasteiger partial charge in [0.1, 0.15) is 5.15 Å². The van der Waals surface area contributed by atoms with E-state index in [1.807, 2.05) is 12.2 Å². The summed E-state index contributed by atoms with van der Waals surface area (Å²) in [6.45, 7) is 1.31. The van der Waals surface area contributed by atoms with Crippen LogP contribution in [-0.2, 0) is 0 Å². The van der Waals surface area contributed by atoms with E-state index in [4.69, 9.17) is 17.3 Å². The van der Waals surface area contributed by atoms with Gasteiger partial charge in [0.2, 0.25) is 0 Å². The van der Waals surface area contributed by atoms with Gasteiger partial charge in [0.15, 0.2) is 5.13 Å². The van der Waals surface area contributed by atoms with Crippen molar-refractivity contribution >= 4 is 28.1 Å². The zero-order valence-electron chi connectivity index (χ0n) is 6.46. The van der Waals surface area contributed by atoms with Gasteiger partial charge in [-0.25, -0.2) is 4.98 Å². The summed E-state index contributed by atoms with van der Waals surface area (Å²) in [6.07, 6.45) is 3.84. The van der Waals surface area contributed by atoms with Gasteiger partial charge in [-0.1, -0.05) is 23.8 Å². The second-order valence-corrected chi connectivity index (χ2v) is 3.31. The van der Waals surface area contributed by atoms with Crippen LogP contribution in [0.5, 0.6) is 0 Å². The highest BCUT2D eigenvalue weighted by molar-refractivity contribution is 7.14. The maximum atomic E-state index is 5.62. The van der Waals surface area contributed by atoms with E-state index in [1.165, 1.54) is 11.3 Å². The van der Waals surface area contributed by atoms with Crippen molar-refractivity contribution in [3.05, 3.63) is 22.7 Å². The first-order chi connectivity index (χ1) is 5.83. The number of nitrogens with two attached hydrogens (primary N) is 1. The third kappa shape index (κ3) is 3.21. The molecule has 1 aromatic rings. The zero-order chi connectivity index (χ0) is 8.81. The van der Waals surface area contributed by atoms with Crippen LogP contribution in [0.15, 0.2) is 17.5 Å². The first kappa shape index (κ1) is 9.51. The third-order valence-corrected chi connectivity index (χ3v) is 2.27. The summed E-state index contributed by atoms with van der Waals surface area (Å²) in [7, 11) is 0. The number of thiazole rings is 1. The van der Waals surface area contributed by atoms with Gasteiger partial charge in [0.05, 0.1) is 0 Å². The molecule has 3 N–H and O–H groups in total. The minimum absolute atomic E-state index is 0.533. The van der Waals surface area contributed by atoms with Crippen molar-refractivity contribution < 1.29 is 0 Å². The second-order valence-electron chi connectivity index (χ2n) is 2.06. The van der Waals surface area contributed by atoms with Crippen LogP contribution in [0.3, 0.4) is 0 Å². The molecule has 3 nitrogen and oxygen atoms in total. The molecule has 0 saturated carbocycles. The van der Waals surface area contributed by atoms with Gasteiger partial charge in [-0.2, -0.15) is 0 Å². The first-order valence-corrected chi connectivity index (χ1v) is 4.78. The molecule has 1 aromatic heterocycles. The van der Waals surface area contributed by atoms with Crippen LogP contribution in [0.4, 0.5) is 5.13 Å². The van der Waals surface area contributed by atoms with Crippen molar-refractivity contribution in [2.24, 2.45) is 5.73 Å². The number of nitrogens with zero attached hydrogens (tertiary/aromatic N) is 1. The lowest BCUT2D eigenvalue weighted by Gasteiger charge is -1.94. The number of nitrogens with one attached hydrogen (secondary N) is 1. The Morgan fingerprint density at radius 3 is 3.08 bits per heavy atom. The molecule has 0 bridgehead atoms. The average Bonchev–Trinajstić information content (AvgIpc) is 2.45. The molecule has 0 aliphatic rings. The lowest BCUT2D eigenvalue weighted by molar-refractivity contribution is 1.22. The summed E-state index contributed by atoms with van der Waals surface area (Å²) in [5.74, 6) is 0. The van der Waals surface area contributed by atoms with E-state index in [0.717, 1.165) is 11.7 Å². The fourth-order valence-corrected chi connectivity index (χ4v) is 1.51. The van der Waals surface area contributed by atoms with Gasteiger partial charge < -0.3 is 11.1 Å². The summed E-state index contributed by atoms with van der Waals surface area (Å²) in [5, 5.41) is 6.24. The quantitative estimate of drug-likeness (QED) is 0.733. The minimum atomic E-state index is 0.533. The normalized spacial score (nSPS) is 10.8. The number of anilines is 1. The van der Waals surface area contributed by atoms with Crippen molar-refractivity contribution in [3.63, 3.8) is 0 Å². The van der Waals surface area contributed by atoms with Crippen LogP contribution in [-0.4, -0.2) is 18.1 Å². The molecule has 66 valence electrons. The molecule has 0 aliphatic heterocycles. The molecule has 12 heavy (non-hydrogen) atoms. The Kier molecular flexibility index (Phi) is 4.07. The van der Waals surface area contributed by atoms with Crippen LogP contribution in [0.2, 0.25) is 5.15 Å². The number of rotatable bonds is 4. The minimum Gasteiger partial charge on any atom is -0.358 e. The van der Waals surface area contributed by atoms with Crippen LogP contribution < -0.4 is 11.1 Å². The lowest BCUT2D eigenvalue weighted by atomic mass is 10.5. The topological polar surface area (TPSA) is 50.9 Å². The highest BCUT2D eigenvalue weighted by Gasteiger charge is 1.95. The number of halogens is 1. The standard InChI is InChI=1S/C7H10ClN3S/c8-6-5-12-7(11-6)10-4-2-1-3-9/h1-2,5H,3-4,9H2,(H,10,11)/b2-1+. The van der Waals surface area contributed by atoms with E-state index >= 15 is 0 Å². The Bertz CT molecular complexity index is 259. The maximum absolute atomic E-state index is 5.62. The third-order valence-electron chi connectivity index (χ3n) is 1.15. The molecule has 1 rings (SSSR count). The summed E-state index contributed by atoms with van der Waals surface area (Å²) in [4.78, 5) is 4.02. The number of aromatic nitrogens is 1. The van der Waals surface area contributed by atoms with E-state index in [2.05, 4.69) is 10.3 Å². The molecular weight excluding hydrogens is 194 g/mol. The number of hydrogen-bond donors (Lipinski definition) is 2. The number of hydrogen-bond acceptors (Lipinski definition) is 4. The van der Waals surface area contributed by atoms with Gasteiger partial charge in [-0.05, 0) is 0 Å². The first-order valence-electron chi connectivity index (χ1n) is 3.53. The molecular formula is C7H10ClN3S. The molecule has 1 heterocycles. The smallest absolute Gasteiger partial charge is 0.184 e. The van der Waals surface area contributed by atoms with Gasteiger partial charge in [0.25, 0.3) is 0 Å². The van der Waals surface area contributed by atoms with Crippen LogP contribution in [0.1, 0.15) is 0 Å². The summed E-state index contributed by atoms with van der Waals surface area (Å²) in [5.41, 5.74) is 5.26. The summed E-state index contributed by atoms with van der Waals surface area (Å²) >= 11 is 7.11.